The van der Waals surface area contributed by atoms with Crippen molar-refractivity contribution in [2.24, 2.45) is 0 Å². The van der Waals surface area contributed by atoms with Crippen LogP contribution < -0.4 is 10.6 Å². The van der Waals surface area contributed by atoms with Crippen molar-refractivity contribution in [3.63, 3.8) is 0 Å². The normalized spacial score (nSPS) is 11.8. The number of thioether (sulfide) groups is 1. The maximum absolute atomic E-state index is 12.7. The number of benzene rings is 3. The van der Waals surface area contributed by atoms with Crippen LogP contribution in [0.5, 0.6) is 0 Å². The molecule has 4 rings (SSSR count). The number of carbonyl (C=O) groups is 2. The minimum Gasteiger partial charge on any atom is -0.325 e. The molecular weight excluding hydrogens is 412 g/mol. The molecule has 0 bridgehead atoms. The molecule has 6 heteroatoms. The van der Waals surface area contributed by atoms with Gasteiger partial charge >= 0.3 is 0 Å². The number of carbonyl (C=O) groups excluding carboxylic acids is 2. The van der Waals surface area contributed by atoms with E-state index in [1.54, 1.807) is 6.07 Å². The fourth-order valence-electron chi connectivity index (χ4n) is 3.02. The summed E-state index contributed by atoms with van der Waals surface area (Å²) in [5.41, 5.74) is 1.49. The van der Waals surface area contributed by atoms with Gasteiger partial charge in [0.2, 0.25) is 5.91 Å². The molecule has 0 aliphatic heterocycles. The summed E-state index contributed by atoms with van der Waals surface area (Å²) in [5.74, 6) is -0.197. The van der Waals surface area contributed by atoms with E-state index >= 15 is 0 Å². The van der Waals surface area contributed by atoms with Gasteiger partial charge in [0.25, 0.3) is 5.91 Å². The van der Waals surface area contributed by atoms with Gasteiger partial charge in [-0.1, -0.05) is 42.5 Å². The van der Waals surface area contributed by atoms with Crippen LogP contribution in [0.3, 0.4) is 0 Å². The average molecular weight is 433 g/mol. The van der Waals surface area contributed by atoms with Gasteiger partial charge in [0.1, 0.15) is 0 Å². The molecule has 0 aliphatic rings. The molecule has 0 saturated carbocycles. The van der Waals surface area contributed by atoms with Crippen molar-refractivity contribution in [3.05, 3.63) is 89.1 Å². The second-order valence-corrected chi connectivity index (χ2v) is 9.13. The minimum absolute atomic E-state index is 0.0664. The van der Waals surface area contributed by atoms with Gasteiger partial charge in [0.05, 0.1) is 10.1 Å². The fraction of sp³-hybridized carbons (Fsp3) is 0.0833. The predicted octanol–water partition coefficient (Wildman–Crippen LogP) is 6.27. The van der Waals surface area contributed by atoms with Crippen molar-refractivity contribution in [3.8, 4) is 0 Å². The van der Waals surface area contributed by atoms with Gasteiger partial charge in [-0.25, -0.2) is 0 Å². The van der Waals surface area contributed by atoms with Crippen LogP contribution in [-0.4, -0.2) is 17.1 Å². The quantitative estimate of drug-likeness (QED) is 0.353. The minimum atomic E-state index is -0.292. The lowest BCUT2D eigenvalue weighted by molar-refractivity contribution is -0.115. The van der Waals surface area contributed by atoms with Gasteiger partial charge < -0.3 is 10.6 Å². The molecule has 4 nitrogen and oxygen atoms in total. The van der Waals surface area contributed by atoms with E-state index < -0.39 is 0 Å². The summed E-state index contributed by atoms with van der Waals surface area (Å²) in [6.45, 7) is 1.87. The Hall–Kier alpha value is -3.09. The summed E-state index contributed by atoms with van der Waals surface area (Å²) >= 11 is 2.85. The molecule has 0 aliphatic carbocycles. The van der Waals surface area contributed by atoms with E-state index in [-0.39, 0.29) is 17.1 Å². The number of fused-ring (bicyclic) bond motifs is 1. The van der Waals surface area contributed by atoms with E-state index in [1.165, 1.54) is 23.1 Å². The lowest BCUT2D eigenvalue weighted by Crippen LogP contribution is -2.22. The van der Waals surface area contributed by atoms with Gasteiger partial charge in [-0.05, 0) is 59.5 Å². The molecule has 1 aromatic heterocycles. The maximum Gasteiger partial charge on any atom is 0.265 e. The first-order chi connectivity index (χ1) is 14.6. The zero-order valence-electron chi connectivity index (χ0n) is 16.3. The van der Waals surface area contributed by atoms with Crippen LogP contribution in [0.1, 0.15) is 16.6 Å². The van der Waals surface area contributed by atoms with Crippen LogP contribution in [0.2, 0.25) is 0 Å². The molecule has 0 spiro atoms. The van der Waals surface area contributed by atoms with E-state index in [9.17, 15) is 9.59 Å². The standard InChI is InChI=1S/C24H20N2O2S2/c1-16(23(27)25-20-12-11-17-6-2-3-7-18(17)14-20)30-21-9-4-8-19(15-21)26-24(28)22-10-5-13-29-22/h2-16H,1H3,(H,25,27)(H,26,28). The zero-order chi connectivity index (χ0) is 20.9. The third-order valence-corrected chi connectivity index (χ3v) is 6.50. The van der Waals surface area contributed by atoms with Gasteiger partial charge in [-0.3, -0.25) is 9.59 Å². The van der Waals surface area contributed by atoms with E-state index in [4.69, 9.17) is 0 Å². The average Bonchev–Trinajstić information content (AvgIpc) is 3.29. The molecule has 3 aromatic carbocycles. The van der Waals surface area contributed by atoms with Crippen LogP contribution in [0.4, 0.5) is 11.4 Å². The van der Waals surface area contributed by atoms with Gasteiger partial charge in [-0.2, -0.15) is 0 Å². The number of nitrogens with one attached hydrogen (secondary N) is 2. The lowest BCUT2D eigenvalue weighted by atomic mass is 10.1. The molecule has 30 heavy (non-hydrogen) atoms. The zero-order valence-corrected chi connectivity index (χ0v) is 17.9. The number of amides is 2. The first kappa shape index (κ1) is 20.2. The highest BCUT2D eigenvalue weighted by atomic mass is 32.2. The highest BCUT2D eigenvalue weighted by molar-refractivity contribution is 8.00. The maximum atomic E-state index is 12.7. The monoisotopic (exact) mass is 432 g/mol. The second kappa shape index (κ2) is 9.15. The molecule has 2 N–H and O–H groups in total. The predicted molar refractivity (Wildman–Crippen MR) is 127 cm³/mol. The molecule has 1 atom stereocenters. The van der Waals surface area contributed by atoms with Crippen LogP contribution >= 0.6 is 23.1 Å². The van der Waals surface area contributed by atoms with E-state index in [2.05, 4.69) is 10.6 Å². The van der Waals surface area contributed by atoms with E-state index in [0.29, 0.717) is 10.6 Å². The summed E-state index contributed by atoms with van der Waals surface area (Å²) in [6, 6.07) is 25.1. The number of hydrogen-bond donors (Lipinski definition) is 2. The highest BCUT2D eigenvalue weighted by Crippen LogP contribution is 2.27. The first-order valence-electron chi connectivity index (χ1n) is 9.50. The van der Waals surface area contributed by atoms with Crippen molar-refractivity contribution in [1.82, 2.24) is 0 Å². The summed E-state index contributed by atoms with van der Waals surface area (Å²) in [4.78, 5) is 26.5. The Morgan fingerprint density at radius 3 is 2.43 bits per heavy atom. The highest BCUT2D eigenvalue weighted by Gasteiger charge is 2.15. The molecule has 0 radical (unpaired) electrons. The Morgan fingerprint density at radius 1 is 0.833 bits per heavy atom. The van der Waals surface area contributed by atoms with Crippen LogP contribution in [-0.2, 0) is 4.79 Å². The summed E-state index contributed by atoms with van der Waals surface area (Å²) in [7, 11) is 0. The molecule has 0 fully saturated rings. The smallest absolute Gasteiger partial charge is 0.265 e. The molecule has 150 valence electrons. The Bertz CT molecular complexity index is 1190. The molecule has 2 amide bonds. The topological polar surface area (TPSA) is 58.2 Å². The number of hydrogen-bond acceptors (Lipinski definition) is 4. The first-order valence-corrected chi connectivity index (χ1v) is 11.3. The van der Waals surface area contributed by atoms with Crippen LogP contribution in [0.25, 0.3) is 10.8 Å². The Labute approximate surface area is 183 Å². The third-order valence-electron chi connectivity index (χ3n) is 4.54. The Balaban J connectivity index is 1.39. The molecule has 4 aromatic rings. The van der Waals surface area contributed by atoms with E-state index in [1.807, 2.05) is 85.1 Å². The van der Waals surface area contributed by atoms with Gasteiger partial charge in [-0.15, -0.1) is 23.1 Å². The van der Waals surface area contributed by atoms with Crippen LogP contribution in [0, 0.1) is 0 Å². The Morgan fingerprint density at radius 2 is 1.63 bits per heavy atom. The molecule has 1 heterocycles. The number of anilines is 2. The van der Waals surface area contributed by atoms with Gasteiger partial charge in [0.15, 0.2) is 0 Å². The molecular formula is C24H20N2O2S2. The molecule has 1 unspecified atom stereocenters. The third kappa shape index (κ3) is 4.90. The van der Waals surface area contributed by atoms with Crippen molar-refractivity contribution < 1.29 is 9.59 Å². The number of thiophene rings is 1. The van der Waals surface area contributed by atoms with E-state index in [0.717, 1.165) is 21.4 Å². The summed E-state index contributed by atoms with van der Waals surface area (Å²) < 4.78 is 0. The summed E-state index contributed by atoms with van der Waals surface area (Å²) in [6.07, 6.45) is 0. The van der Waals surface area contributed by atoms with Crippen molar-refractivity contribution in [2.75, 3.05) is 10.6 Å². The fourth-order valence-corrected chi connectivity index (χ4v) is 4.56. The Kier molecular flexibility index (Phi) is 6.16. The lowest BCUT2D eigenvalue weighted by Gasteiger charge is -2.13. The van der Waals surface area contributed by atoms with Gasteiger partial charge in [0, 0.05) is 16.3 Å². The molecule has 0 saturated heterocycles. The van der Waals surface area contributed by atoms with Crippen molar-refractivity contribution in [1.29, 1.82) is 0 Å². The van der Waals surface area contributed by atoms with Crippen molar-refractivity contribution >= 4 is 57.1 Å². The summed E-state index contributed by atoms with van der Waals surface area (Å²) in [5, 5.41) is 9.70. The van der Waals surface area contributed by atoms with Crippen molar-refractivity contribution in [2.45, 2.75) is 17.1 Å². The number of rotatable bonds is 6. The largest absolute Gasteiger partial charge is 0.325 e. The SMILES string of the molecule is CC(Sc1cccc(NC(=O)c2cccs2)c1)C(=O)Nc1ccc2ccccc2c1. The van der Waals surface area contributed by atoms with Crippen LogP contribution in [0.15, 0.2) is 89.1 Å². The second-order valence-electron chi connectivity index (χ2n) is 6.77.